The van der Waals surface area contributed by atoms with Gasteiger partial charge in [-0.2, -0.15) is 7.05 Å². The van der Waals surface area contributed by atoms with Gasteiger partial charge in [0.15, 0.2) is 0 Å². The molecule has 2 heteroatoms. The van der Waals surface area contributed by atoms with E-state index in [2.05, 4.69) is 5.32 Å². The third-order valence-electron chi connectivity index (χ3n) is 0.894. The van der Waals surface area contributed by atoms with Crippen LogP contribution in [0.5, 0.6) is 0 Å². The van der Waals surface area contributed by atoms with Crippen LogP contribution in [-0.4, -0.2) is 7.05 Å². The topological polar surface area (TPSA) is 27.2 Å². The van der Waals surface area contributed by atoms with Crippen molar-refractivity contribution in [1.29, 1.82) is 0 Å². The average molecular weight is 110 g/mol. The first kappa shape index (κ1) is 5.38. The van der Waals surface area contributed by atoms with E-state index >= 15 is 0 Å². The summed E-state index contributed by atoms with van der Waals surface area (Å²) in [5.74, 6) is 0.924. The SMILES string of the molecule is C[N-]Cc1ccco1. The Kier molecular flexibility index (Phi) is 1.70. The number of hydrogen-bond acceptors (Lipinski definition) is 1. The Labute approximate surface area is 48.5 Å². The molecule has 0 N–H and O–H groups in total. The van der Waals surface area contributed by atoms with Crippen LogP contribution < -0.4 is 0 Å². The summed E-state index contributed by atoms with van der Waals surface area (Å²) < 4.78 is 4.98. The van der Waals surface area contributed by atoms with Crippen LogP contribution in [0.1, 0.15) is 5.76 Å². The summed E-state index contributed by atoms with van der Waals surface area (Å²) in [7, 11) is 1.77. The normalized spacial score (nSPS) is 9.62. The molecule has 0 bridgehead atoms. The molecule has 0 aliphatic heterocycles. The van der Waals surface area contributed by atoms with Crippen LogP contribution >= 0.6 is 0 Å². The molecule has 0 aromatic carbocycles. The van der Waals surface area contributed by atoms with Gasteiger partial charge in [-0.15, -0.1) is 0 Å². The quantitative estimate of drug-likeness (QED) is 0.570. The van der Waals surface area contributed by atoms with E-state index in [1.165, 1.54) is 0 Å². The zero-order valence-corrected chi connectivity index (χ0v) is 4.79. The Morgan fingerprint density at radius 3 is 3.12 bits per heavy atom. The van der Waals surface area contributed by atoms with Gasteiger partial charge >= 0.3 is 0 Å². The summed E-state index contributed by atoms with van der Waals surface area (Å²) in [4.78, 5) is 0. The molecule has 0 radical (unpaired) electrons. The number of hydrogen-bond donors (Lipinski definition) is 0. The first-order valence-electron chi connectivity index (χ1n) is 2.51. The maximum atomic E-state index is 4.98. The predicted octanol–water partition coefficient (Wildman–Crippen LogP) is 1.78. The van der Waals surface area contributed by atoms with Crippen molar-refractivity contribution in [3.8, 4) is 0 Å². The molecule has 44 valence electrons. The van der Waals surface area contributed by atoms with E-state index in [1.807, 2.05) is 12.1 Å². The van der Waals surface area contributed by atoms with Gasteiger partial charge in [0, 0.05) is 0 Å². The molecule has 0 fully saturated rings. The van der Waals surface area contributed by atoms with Crippen LogP contribution in [0.2, 0.25) is 0 Å². The summed E-state index contributed by atoms with van der Waals surface area (Å²) in [5.41, 5.74) is 0. The molecule has 0 aliphatic rings. The summed E-state index contributed by atoms with van der Waals surface area (Å²) in [6.07, 6.45) is 1.65. The lowest BCUT2D eigenvalue weighted by molar-refractivity contribution is 0.520. The second-order valence-electron chi connectivity index (χ2n) is 1.55. The molecule has 2 nitrogen and oxygen atoms in total. The Bertz CT molecular complexity index is 134. The Morgan fingerprint density at radius 1 is 1.75 bits per heavy atom. The van der Waals surface area contributed by atoms with Gasteiger partial charge in [-0.25, -0.2) is 0 Å². The Balaban J connectivity index is 2.50. The van der Waals surface area contributed by atoms with Gasteiger partial charge < -0.3 is 9.73 Å². The molecule has 0 amide bonds. The van der Waals surface area contributed by atoms with Crippen LogP contribution in [0.4, 0.5) is 0 Å². The van der Waals surface area contributed by atoms with Crippen molar-refractivity contribution < 1.29 is 4.42 Å². The summed E-state index contributed by atoms with van der Waals surface area (Å²) in [5, 5.41) is 3.88. The fourth-order valence-corrected chi connectivity index (χ4v) is 0.558. The highest BCUT2D eigenvalue weighted by Gasteiger charge is 1.81. The molecule has 1 heterocycles. The van der Waals surface area contributed by atoms with Crippen molar-refractivity contribution in [3.63, 3.8) is 0 Å². The molecular weight excluding hydrogens is 102 g/mol. The maximum Gasteiger partial charge on any atom is 0.0905 e. The van der Waals surface area contributed by atoms with Crippen molar-refractivity contribution in [2.24, 2.45) is 0 Å². The molecule has 1 aromatic rings. The highest BCUT2D eigenvalue weighted by Crippen LogP contribution is 2.02. The largest absolute Gasteiger partial charge is 0.659 e. The van der Waals surface area contributed by atoms with Gasteiger partial charge in [-0.1, -0.05) is 6.54 Å². The average Bonchev–Trinajstić information content (AvgIpc) is 2.19. The van der Waals surface area contributed by atoms with E-state index < -0.39 is 0 Å². The van der Waals surface area contributed by atoms with Crippen LogP contribution in [0, 0.1) is 0 Å². The minimum absolute atomic E-state index is 0.688. The minimum atomic E-state index is 0.688. The van der Waals surface area contributed by atoms with E-state index in [9.17, 15) is 0 Å². The smallest absolute Gasteiger partial charge is 0.0905 e. The molecule has 0 saturated carbocycles. The van der Waals surface area contributed by atoms with E-state index in [1.54, 1.807) is 13.3 Å². The van der Waals surface area contributed by atoms with Gasteiger partial charge in [0.1, 0.15) is 0 Å². The van der Waals surface area contributed by atoms with E-state index in [0.29, 0.717) is 6.54 Å². The summed E-state index contributed by atoms with van der Waals surface area (Å²) in [6.45, 7) is 0.688. The highest BCUT2D eigenvalue weighted by atomic mass is 16.3. The van der Waals surface area contributed by atoms with Gasteiger partial charge in [0.05, 0.1) is 12.0 Å². The second-order valence-corrected chi connectivity index (χ2v) is 1.55. The van der Waals surface area contributed by atoms with Crippen molar-refractivity contribution >= 4 is 0 Å². The third kappa shape index (κ3) is 1.10. The van der Waals surface area contributed by atoms with Crippen LogP contribution in [-0.2, 0) is 6.54 Å². The molecule has 0 spiro atoms. The van der Waals surface area contributed by atoms with Crippen molar-refractivity contribution in [2.75, 3.05) is 7.05 Å². The zero-order chi connectivity index (χ0) is 5.82. The number of furan rings is 1. The highest BCUT2D eigenvalue weighted by molar-refractivity contribution is 5.01. The second kappa shape index (κ2) is 2.52. The lowest BCUT2D eigenvalue weighted by Crippen LogP contribution is -1.73. The van der Waals surface area contributed by atoms with Crippen molar-refractivity contribution in [2.45, 2.75) is 6.54 Å². The first-order valence-corrected chi connectivity index (χ1v) is 2.51. The number of rotatable bonds is 2. The summed E-state index contributed by atoms with van der Waals surface area (Å²) in [6, 6.07) is 3.77. The zero-order valence-electron chi connectivity index (χ0n) is 4.79. The molecule has 1 rings (SSSR count). The lowest BCUT2D eigenvalue weighted by atomic mass is 10.4. The first-order chi connectivity index (χ1) is 3.93. The van der Waals surface area contributed by atoms with E-state index in [0.717, 1.165) is 5.76 Å². The van der Waals surface area contributed by atoms with Gasteiger partial charge in [-0.05, 0) is 12.1 Å². The molecule has 0 atom stereocenters. The minimum Gasteiger partial charge on any atom is -0.659 e. The maximum absolute atomic E-state index is 4.98. The molecular formula is C6H8NO-. The van der Waals surface area contributed by atoms with Crippen LogP contribution in [0.15, 0.2) is 22.8 Å². The molecule has 1 aromatic heterocycles. The lowest BCUT2D eigenvalue weighted by Gasteiger charge is -2.05. The van der Waals surface area contributed by atoms with E-state index in [-0.39, 0.29) is 0 Å². The molecule has 8 heavy (non-hydrogen) atoms. The Morgan fingerprint density at radius 2 is 2.62 bits per heavy atom. The number of nitrogens with zero attached hydrogens (tertiary/aromatic N) is 1. The van der Waals surface area contributed by atoms with Crippen molar-refractivity contribution in [1.82, 2.24) is 0 Å². The summed E-state index contributed by atoms with van der Waals surface area (Å²) >= 11 is 0. The van der Waals surface area contributed by atoms with Crippen molar-refractivity contribution in [3.05, 3.63) is 29.5 Å². The molecule has 0 unspecified atom stereocenters. The molecule has 0 saturated heterocycles. The van der Waals surface area contributed by atoms with Crippen LogP contribution in [0.3, 0.4) is 0 Å². The third-order valence-corrected chi connectivity index (χ3v) is 0.894. The Hall–Kier alpha value is -0.760. The fourth-order valence-electron chi connectivity index (χ4n) is 0.558. The monoisotopic (exact) mass is 110 g/mol. The standard InChI is InChI=1S/C6H8NO/c1-7-5-6-3-2-4-8-6/h2-4H,5H2,1H3/q-1. The van der Waals surface area contributed by atoms with Gasteiger partial charge in [-0.3, -0.25) is 0 Å². The predicted molar refractivity (Wildman–Crippen MR) is 31.7 cm³/mol. The van der Waals surface area contributed by atoms with Gasteiger partial charge in [0.2, 0.25) is 0 Å². The molecule has 0 aliphatic carbocycles. The van der Waals surface area contributed by atoms with Gasteiger partial charge in [0.25, 0.3) is 0 Å². The fraction of sp³-hybridized carbons (Fsp3) is 0.333. The van der Waals surface area contributed by atoms with E-state index in [4.69, 9.17) is 4.42 Å². The van der Waals surface area contributed by atoms with Crippen LogP contribution in [0.25, 0.3) is 5.32 Å².